The summed E-state index contributed by atoms with van der Waals surface area (Å²) in [5.74, 6) is -0.0251. The fourth-order valence-electron chi connectivity index (χ4n) is 9.46. The van der Waals surface area contributed by atoms with Crippen LogP contribution < -0.4 is 0 Å². The van der Waals surface area contributed by atoms with E-state index in [0.717, 1.165) is 27.3 Å². The van der Waals surface area contributed by atoms with Crippen molar-refractivity contribution in [3.63, 3.8) is 0 Å². The highest BCUT2D eigenvalue weighted by Crippen LogP contribution is 2.51. The van der Waals surface area contributed by atoms with Gasteiger partial charge in [0.1, 0.15) is 11.2 Å². The van der Waals surface area contributed by atoms with Crippen LogP contribution in [-0.4, -0.2) is 0 Å². The number of benzene rings is 9. The van der Waals surface area contributed by atoms with Gasteiger partial charge in [0, 0.05) is 27.5 Å². The number of hydrogen-bond acceptors (Lipinski definition) is 1. The summed E-state index contributed by atoms with van der Waals surface area (Å²) in [5.41, 5.74) is 15.9. The smallest absolute Gasteiger partial charge is 0.143 e. The molecule has 55 heavy (non-hydrogen) atoms. The molecule has 10 aromatic rings. The summed E-state index contributed by atoms with van der Waals surface area (Å²) < 4.78 is 6.73. The van der Waals surface area contributed by atoms with E-state index >= 15 is 0 Å². The normalized spacial score (nSPS) is 13.7. The molecule has 11 rings (SSSR count). The number of hydrogen-bond donors (Lipinski definition) is 0. The van der Waals surface area contributed by atoms with E-state index in [1.54, 1.807) is 0 Å². The summed E-state index contributed by atoms with van der Waals surface area (Å²) in [5, 5.41) is 7.16. The van der Waals surface area contributed by atoms with E-state index in [2.05, 4.69) is 202 Å². The molecular weight excluding hydrogens is 665 g/mol. The predicted molar refractivity (Wildman–Crippen MR) is 231 cm³/mol. The lowest BCUT2D eigenvalue weighted by Crippen LogP contribution is -2.15. The van der Waals surface area contributed by atoms with Crippen LogP contribution >= 0.6 is 0 Å². The molecule has 9 aromatic carbocycles. The van der Waals surface area contributed by atoms with E-state index in [-0.39, 0.29) is 11.3 Å². The Kier molecular flexibility index (Phi) is 7.03. The fraction of sp³-hybridized carbons (Fsp3) is 0.0741. The van der Waals surface area contributed by atoms with Gasteiger partial charge < -0.3 is 4.42 Å². The average molecular weight is 703 g/mol. The lowest BCUT2D eigenvalue weighted by molar-refractivity contribution is 0.659. The topological polar surface area (TPSA) is 13.1 Å². The molecule has 0 amide bonds. The molecule has 1 nitrogen and oxygen atoms in total. The van der Waals surface area contributed by atoms with Gasteiger partial charge in [-0.25, -0.2) is 0 Å². The zero-order valence-electron chi connectivity index (χ0n) is 30.9. The third-order valence-corrected chi connectivity index (χ3v) is 12.2. The Morgan fingerprint density at radius 1 is 0.400 bits per heavy atom. The van der Waals surface area contributed by atoms with Crippen molar-refractivity contribution >= 4 is 43.5 Å². The highest BCUT2D eigenvalue weighted by molar-refractivity contribution is 6.17. The summed E-state index contributed by atoms with van der Waals surface area (Å²) in [4.78, 5) is 0. The van der Waals surface area contributed by atoms with Crippen molar-refractivity contribution in [2.24, 2.45) is 0 Å². The highest BCUT2D eigenvalue weighted by atomic mass is 16.3. The van der Waals surface area contributed by atoms with Gasteiger partial charge in [0.15, 0.2) is 0 Å². The van der Waals surface area contributed by atoms with Crippen LogP contribution in [0.4, 0.5) is 0 Å². The molecule has 0 bridgehead atoms. The van der Waals surface area contributed by atoms with Gasteiger partial charge in [-0.05, 0) is 95.6 Å². The van der Waals surface area contributed by atoms with Gasteiger partial charge in [0.25, 0.3) is 0 Å². The van der Waals surface area contributed by atoms with Crippen LogP contribution in [0.5, 0.6) is 0 Å². The van der Waals surface area contributed by atoms with Gasteiger partial charge >= 0.3 is 0 Å². The van der Waals surface area contributed by atoms with Crippen molar-refractivity contribution in [2.45, 2.75) is 25.2 Å². The number of rotatable bonds is 5. The molecule has 1 aliphatic carbocycles. The van der Waals surface area contributed by atoms with Crippen LogP contribution in [-0.2, 0) is 5.41 Å². The maximum Gasteiger partial charge on any atom is 0.143 e. The monoisotopic (exact) mass is 702 g/mol. The van der Waals surface area contributed by atoms with Crippen molar-refractivity contribution in [3.05, 3.63) is 216 Å². The van der Waals surface area contributed by atoms with Crippen LogP contribution in [0.3, 0.4) is 0 Å². The Balaban J connectivity index is 1.16. The first kappa shape index (κ1) is 31.8. The van der Waals surface area contributed by atoms with E-state index in [4.69, 9.17) is 4.42 Å². The Labute approximate surface area is 321 Å². The van der Waals surface area contributed by atoms with Gasteiger partial charge in [-0.2, -0.15) is 0 Å². The second-order valence-electron chi connectivity index (χ2n) is 15.6. The number of furan rings is 1. The van der Waals surface area contributed by atoms with E-state index in [1.165, 1.54) is 77.4 Å². The lowest BCUT2D eigenvalue weighted by Gasteiger charge is -2.25. The quantitative estimate of drug-likeness (QED) is 0.163. The molecule has 1 aromatic heterocycles. The van der Waals surface area contributed by atoms with Gasteiger partial charge in [-0.1, -0.05) is 184 Å². The Morgan fingerprint density at radius 3 is 1.91 bits per heavy atom. The summed E-state index contributed by atoms with van der Waals surface area (Å²) >= 11 is 0. The molecule has 1 heterocycles. The second-order valence-corrected chi connectivity index (χ2v) is 15.6. The zero-order chi connectivity index (χ0) is 36.7. The molecule has 0 aliphatic heterocycles. The minimum absolute atomic E-state index is 0.0251. The Hall–Kier alpha value is -6.70. The summed E-state index contributed by atoms with van der Waals surface area (Å²) in [6.07, 6.45) is 0. The van der Waals surface area contributed by atoms with Crippen molar-refractivity contribution in [1.82, 2.24) is 0 Å². The first-order chi connectivity index (χ1) is 27.0. The van der Waals surface area contributed by atoms with E-state index in [0.29, 0.717) is 0 Å². The SMILES string of the molecule is CC1(C)c2ccccc2-c2ccc(C(c3ccc(-c4cccc5ccccc45)cc3)c3cc4c5cc(-c6ccccc6)ccc5oc4c4ccccc34)cc21. The highest BCUT2D eigenvalue weighted by Gasteiger charge is 2.36. The molecule has 0 N–H and O–H groups in total. The largest absolute Gasteiger partial charge is 0.455 e. The van der Waals surface area contributed by atoms with Gasteiger partial charge in [0.05, 0.1) is 0 Å². The summed E-state index contributed by atoms with van der Waals surface area (Å²) in [6.45, 7) is 4.75. The first-order valence-electron chi connectivity index (χ1n) is 19.3. The average Bonchev–Trinajstić information content (AvgIpc) is 3.72. The summed E-state index contributed by atoms with van der Waals surface area (Å²) in [7, 11) is 0. The molecule has 0 saturated carbocycles. The third-order valence-electron chi connectivity index (χ3n) is 12.2. The Bertz CT molecular complexity index is 3100. The van der Waals surface area contributed by atoms with Crippen LogP contribution in [0.1, 0.15) is 47.6 Å². The van der Waals surface area contributed by atoms with Crippen LogP contribution in [0, 0.1) is 0 Å². The molecule has 260 valence electrons. The molecule has 0 radical (unpaired) electrons. The molecule has 0 spiro atoms. The minimum Gasteiger partial charge on any atom is -0.455 e. The van der Waals surface area contributed by atoms with Crippen molar-refractivity contribution < 1.29 is 4.42 Å². The lowest BCUT2D eigenvalue weighted by atomic mass is 9.78. The molecular formula is C54H38O. The molecule has 0 fully saturated rings. The molecule has 1 aliphatic rings. The maximum atomic E-state index is 6.73. The zero-order valence-corrected chi connectivity index (χ0v) is 30.9. The van der Waals surface area contributed by atoms with E-state index < -0.39 is 0 Å². The van der Waals surface area contributed by atoms with E-state index in [1.807, 2.05) is 0 Å². The van der Waals surface area contributed by atoms with Gasteiger partial charge in [0.2, 0.25) is 0 Å². The van der Waals surface area contributed by atoms with Crippen LogP contribution in [0.25, 0.3) is 76.9 Å². The van der Waals surface area contributed by atoms with Gasteiger partial charge in [-0.3, -0.25) is 0 Å². The molecule has 1 atom stereocenters. The molecule has 0 saturated heterocycles. The minimum atomic E-state index is -0.106. The maximum absolute atomic E-state index is 6.73. The second kappa shape index (κ2) is 12.2. The fourth-order valence-corrected chi connectivity index (χ4v) is 9.46. The summed E-state index contributed by atoms with van der Waals surface area (Å²) in [6, 6.07) is 69.2. The third kappa shape index (κ3) is 4.93. The predicted octanol–water partition coefficient (Wildman–Crippen LogP) is 14.7. The van der Waals surface area contributed by atoms with Gasteiger partial charge in [-0.15, -0.1) is 0 Å². The van der Waals surface area contributed by atoms with Crippen LogP contribution in [0.15, 0.2) is 192 Å². The van der Waals surface area contributed by atoms with Crippen molar-refractivity contribution in [3.8, 4) is 33.4 Å². The standard InChI is InChI=1S/C54H38O/c1-54(2)49-22-11-10-19-43(49)44-29-27-39(32-50(44)54)52(37-25-23-36(24-26-37)41-21-12-16-35-15-6-7-17-40(35)41)47-33-48-46-31-38(34-13-4-3-5-14-34)28-30-51(46)55-53(48)45-20-9-8-18-42(45)47/h3-33,52H,1-2H3. The molecule has 1 heteroatoms. The molecule has 1 unspecified atom stereocenters. The van der Waals surface area contributed by atoms with E-state index in [9.17, 15) is 0 Å². The first-order valence-corrected chi connectivity index (χ1v) is 19.3. The van der Waals surface area contributed by atoms with Crippen molar-refractivity contribution in [1.29, 1.82) is 0 Å². The van der Waals surface area contributed by atoms with Crippen molar-refractivity contribution in [2.75, 3.05) is 0 Å². The van der Waals surface area contributed by atoms with Crippen LogP contribution in [0.2, 0.25) is 0 Å². The Morgan fingerprint density at radius 2 is 1.05 bits per heavy atom. The number of fused-ring (bicyclic) bond motifs is 9.